The van der Waals surface area contributed by atoms with Gasteiger partial charge in [-0.1, -0.05) is 42.5 Å². The summed E-state index contributed by atoms with van der Waals surface area (Å²) in [5.74, 6) is 0.634. The maximum absolute atomic E-state index is 12.1. The summed E-state index contributed by atoms with van der Waals surface area (Å²) in [6.07, 6.45) is 3.54. The molecule has 0 radical (unpaired) electrons. The molecule has 1 aliphatic rings. The molecular weight excluding hydrogens is 332 g/mol. The molecule has 1 heterocycles. The number of amidine groups is 1. The van der Waals surface area contributed by atoms with Crippen LogP contribution >= 0.6 is 11.8 Å². The summed E-state index contributed by atoms with van der Waals surface area (Å²) >= 11 is 1.34. The summed E-state index contributed by atoms with van der Waals surface area (Å²) in [6, 6.07) is 15.4. The molecule has 0 aliphatic carbocycles. The van der Waals surface area contributed by atoms with Gasteiger partial charge in [0.2, 0.25) is 0 Å². The zero-order valence-corrected chi connectivity index (χ0v) is 14.7. The molecule has 5 heteroatoms. The van der Waals surface area contributed by atoms with Crippen LogP contribution in [0.4, 0.5) is 5.69 Å². The summed E-state index contributed by atoms with van der Waals surface area (Å²) < 4.78 is 5.45. The molecule has 2 aromatic rings. The number of hydrogen-bond acceptors (Lipinski definition) is 4. The van der Waals surface area contributed by atoms with Crippen LogP contribution in [0.5, 0.6) is 5.75 Å². The Kier molecular flexibility index (Phi) is 5.36. The Hall–Kier alpha value is -2.79. The zero-order valence-electron chi connectivity index (χ0n) is 13.9. The summed E-state index contributed by atoms with van der Waals surface area (Å²) in [6.45, 7) is 6.11. The predicted octanol–water partition coefficient (Wildman–Crippen LogP) is 4.45. The molecule has 3 rings (SSSR count). The van der Waals surface area contributed by atoms with E-state index in [2.05, 4.69) is 16.9 Å². The van der Waals surface area contributed by atoms with Crippen molar-refractivity contribution < 1.29 is 9.53 Å². The Bertz CT molecular complexity index is 837. The predicted molar refractivity (Wildman–Crippen MR) is 104 cm³/mol. The normalized spacial score (nSPS) is 16.9. The highest BCUT2D eigenvalue weighted by Gasteiger charge is 2.23. The van der Waals surface area contributed by atoms with E-state index in [0.29, 0.717) is 16.7 Å². The smallest absolute Gasteiger partial charge is 0.264 e. The van der Waals surface area contributed by atoms with Crippen LogP contribution in [0, 0.1) is 6.92 Å². The van der Waals surface area contributed by atoms with Gasteiger partial charge in [-0.25, -0.2) is 4.99 Å². The van der Waals surface area contributed by atoms with Gasteiger partial charge in [0.1, 0.15) is 12.4 Å². The van der Waals surface area contributed by atoms with E-state index in [0.717, 1.165) is 17.0 Å². The van der Waals surface area contributed by atoms with E-state index in [-0.39, 0.29) is 5.91 Å². The van der Waals surface area contributed by atoms with Gasteiger partial charge in [-0.2, -0.15) is 0 Å². The lowest BCUT2D eigenvalue weighted by Crippen LogP contribution is -2.19. The third kappa shape index (κ3) is 4.61. The summed E-state index contributed by atoms with van der Waals surface area (Å²) in [4.78, 5) is 17.2. The average Bonchev–Trinajstić information content (AvgIpc) is 2.95. The van der Waals surface area contributed by atoms with Crippen LogP contribution in [0.15, 0.2) is 71.1 Å². The number of aliphatic imine (C=N–C) groups is 1. The second-order valence-electron chi connectivity index (χ2n) is 5.49. The van der Waals surface area contributed by atoms with Crippen LogP contribution in [0.25, 0.3) is 6.08 Å². The fourth-order valence-corrected chi connectivity index (χ4v) is 3.03. The second kappa shape index (κ2) is 7.85. The lowest BCUT2D eigenvalue weighted by atomic mass is 10.2. The quantitative estimate of drug-likeness (QED) is 0.640. The molecule has 2 aromatic carbocycles. The fraction of sp³-hybridized carbons (Fsp3) is 0.100. The van der Waals surface area contributed by atoms with Crippen molar-refractivity contribution in [2.45, 2.75) is 6.92 Å². The van der Waals surface area contributed by atoms with Gasteiger partial charge in [0.05, 0.1) is 10.6 Å². The number of aryl methyl sites for hydroxylation is 1. The van der Waals surface area contributed by atoms with Crippen molar-refractivity contribution in [2.24, 2.45) is 4.99 Å². The largest absolute Gasteiger partial charge is 0.490 e. The van der Waals surface area contributed by atoms with Crippen LogP contribution in [-0.2, 0) is 4.79 Å². The molecule has 0 saturated carbocycles. The molecule has 0 aromatic heterocycles. The second-order valence-corrected chi connectivity index (χ2v) is 6.52. The molecule has 25 heavy (non-hydrogen) atoms. The van der Waals surface area contributed by atoms with Gasteiger partial charge in [-0.05, 0) is 54.6 Å². The minimum atomic E-state index is -0.136. The molecule has 1 N–H and O–H groups in total. The highest BCUT2D eigenvalue weighted by atomic mass is 32.2. The van der Waals surface area contributed by atoms with Crippen LogP contribution < -0.4 is 10.1 Å². The number of carbonyl (C=O) groups is 1. The molecule has 1 fully saturated rings. The molecule has 126 valence electrons. The molecule has 0 atom stereocenters. The van der Waals surface area contributed by atoms with Crippen LogP contribution in [0.2, 0.25) is 0 Å². The molecule has 0 unspecified atom stereocenters. The van der Waals surface area contributed by atoms with E-state index < -0.39 is 0 Å². The lowest BCUT2D eigenvalue weighted by Gasteiger charge is -2.03. The number of ether oxygens (including phenoxy) is 1. The summed E-state index contributed by atoms with van der Waals surface area (Å²) in [5, 5.41) is 3.39. The van der Waals surface area contributed by atoms with Gasteiger partial charge in [0, 0.05) is 0 Å². The standard InChI is InChI=1S/C20H18N2O2S/c1-3-12-24-17-10-6-15(7-11-17)13-18-19(23)22-20(25-18)21-16-8-4-14(2)5-9-16/h3-11,13H,1,12H2,2H3,(H,21,22,23)/b18-13-. The minimum absolute atomic E-state index is 0.136. The summed E-state index contributed by atoms with van der Waals surface area (Å²) in [5.41, 5.74) is 2.92. The third-order valence-electron chi connectivity index (χ3n) is 3.46. The molecule has 4 nitrogen and oxygen atoms in total. The molecule has 0 spiro atoms. The maximum Gasteiger partial charge on any atom is 0.264 e. The van der Waals surface area contributed by atoms with E-state index in [9.17, 15) is 4.79 Å². The number of nitrogens with one attached hydrogen (secondary N) is 1. The minimum Gasteiger partial charge on any atom is -0.490 e. The first kappa shape index (κ1) is 17.0. The van der Waals surface area contributed by atoms with Gasteiger partial charge < -0.3 is 10.1 Å². The van der Waals surface area contributed by atoms with Gasteiger partial charge >= 0.3 is 0 Å². The molecule has 1 saturated heterocycles. The average molecular weight is 350 g/mol. The first-order valence-corrected chi connectivity index (χ1v) is 8.66. The van der Waals surface area contributed by atoms with E-state index >= 15 is 0 Å². The van der Waals surface area contributed by atoms with Crippen molar-refractivity contribution in [1.29, 1.82) is 0 Å². The van der Waals surface area contributed by atoms with Crippen LogP contribution in [0.1, 0.15) is 11.1 Å². The molecule has 0 bridgehead atoms. The number of benzene rings is 2. The van der Waals surface area contributed by atoms with Crippen molar-refractivity contribution in [1.82, 2.24) is 5.32 Å². The van der Waals surface area contributed by atoms with Crippen molar-refractivity contribution in [3.05, 3.63) is 77.2 Å². The number of thioether (sulfide) groups is 1. The molecule has 1 amide bonds. The number of carbonyl (C=O) groups excluding carboxylic acids is 1. The van der Waals surface area contributed by atoms with Gasteiger partial charge in [-0.3, -0.25) is 4.79 Å². The van der Waals surface area contributed by atoms with Gasteiger partial charge in [-0.15, -0.1) is 0 Å². The zero-order chi connectivity index (χ0) is 17.6. The third-order valence-corrected chi connectivity index (χ3v) is 4.37. The van der Waals surface area contributed by atoms with E-state index in [4.69, 9.17) is 4.74 Å². The maximum atomic E-state index is 12.1. The van der Waals surface area contributed by atoms with E-state index in [1.54, 1.807) is 6.08 Å². The van der Waals surface area contributed by atoms with Crippen molar-refractivity contribution in [2.75, 3.05) is 6.61 Å². The number of nitrogens with zero attached hydrogens (tertiary/aromatic N) is 1. The Morgan fingerprint density at radius 1 is 1.16 bits per heavy atom. The topological polar surface area (TPSA) is 50.7 Å². The van der Waals surface area contributed by atoms with Gasteiger partial charge in [0.25, 0.3) is 5.91 Å². The van der Waals surface area contributed by atoms with Crippen LogP contribution in [0.3, 0.4) is 0 Å². The number of rotatable bonds is 5. The first-order chi connectivity index (χ1) is 12.1. The SMILES string of the molecule is C=CCOc1ccc(/C=C2\SC(=Nc3ccc(C)cc3)NC2=O)cc1. The number of hydrogen-bond donors (Lipinski definition) is 1. The highest BCUT2D eigenvalue weighted by Crippen LogP contribution is 2.28. The van der Waals surface area contributed by atoms with Crippen molar-refractivity contribution in [3.8, 4) is 5.75 Å². The van der Waals surface area contributed by atoms with E-state index in [1.807, 2.05) is 61.5 Å². The Morgan fingerprint density at radius 2 is 1.88 bits per heavy atom. The monoisotopic (exact) mass is 350 g/mol. The Balaban J connectivity index is 1.72. The fourth-order valence-electron chi connectivity index (χ4n) is 2.18. The van der Waals surface area contributed by atoms with E-state index in [1.165, 1.54) is 17.3 Å². The molecular formula is C20H18N2O2S. The van der Waals surface area contributed by atoms with Crippen molar-refractivity contribution in [3.63, 3.8) is 0 Å². The van der Waals surface area contributed by atoms with Crippen molar-refractivity contribution >= 4 is 34.6 Å². The Morgan fingerprint density at radius 3 is 2.56 bits per heavy atom. The lowest BCUT2D eigenvalue weighted by molar-refractivity contribution is -0.115. The molecule has 1 aliphatic heterocycles. The van der Waals surface area contributed by atoms with Gasteiger partial charge in [0.15, 0.2) is 5.17 Å². The number of amides is 1. The van der Waals surface area contributed by atoms with Crippen LogP contribution in [-0.4, -0.2) is 17.7 Å². The Labute approximate surface area is 151 Å². The summed E-state index contributed by atoms with van der Waals surface area (Å²) in [7, 11) is 0. The highest BCUT2D eigenvalue weighted by molar-refractivity contribution is 8.18. The first-order valence-electron chi connectivity index (χ1n) is 7.84.